The van der Waals surface area contributed by atoms with Gasteiger partial charge in [0.2, 0.25) is 0 Å². The number of carbonyl (C=O) groups is 3. The van der Waals surface area contributed by atoms with Crippen LogP contribution in [0.1, 0.15) is 258 Å². The van der Waals surface area contributed by atoms with Crippen LogP contribution >= 0.6 is 0 Å². The SMILES string of the molecule is CC/C=C\C/C=C\C/C=C\C/C=C\C/C=C\CCCC(=O)OCC(COC(=O)CCCCCCCCCCC/C=C\C/C=C\C/C=C\CC)OC(=O)CCCCCCC/C=C\C=C/CCCCCCCCC. The Balaban J connectivity index is 4.51. The molecule has 0 aliphatic heterocycles. The lowest BCUT2D eigenvalue weighted by atomic mass is 10.1. The van der Waals surface area contributed by atoms with Gasteiger partial charge in [-0.2, -0.15) is 0 Å². The third-order valence-electron chi connectivity index (χ3n) is 12.2. The van der Waals surface area contributed by atoms with Gasteiger partial charge < -0.3 is 14.2 Å². The van der Waals surface area contributed by atoms with Crippen molar-refractivity contribution in [2.24, 2.45) is 0 Å². The Morgan fingerprint density at radius 3 is 0.986 bits per heavy atom. The molecule has 0 spiro atoms. The molecule has 0 bridgehead atoms. The highest BCUT2D eigenvalue weighted by molar-refractivity contribution is 5.71. The van der Waals surface area contributed by atoms with E-state index in [9.17, 15) is 14.4 Å². The molecule has 0 aromatic heterocycles. The van der Waals surface area contributed by atoms with Gasteiger partial charge in [0.25, 0.3) is 0 Å². The molecule has 0 aliphatic rings. The maximum absolute atomic E-state index is 12.9. The second-order valence-electron chi connectivity index (χ2n) is 19.2. The molecule has 408 valence electrons. The van der Waals surface area contributed by atoms with Crippen LogP contribution in [0.3, 0.4) is 0 Å². The molecule has 0 aliphatic carbocycles. The molecule has 0 fully saturated rings. The first-order valence-corrected chi connectivity index (χ1v) is 29.6. The zero-order valence-electron chi connectivity index (χ0n) is 46.7. The number of allylic oxidation sites excluding steroid dienone is 20. The Labute approximate surface area is 443 Å². The van der Waals surface area contributed by atoms with E-state index in [0.29, 0.717) is 19.3 Å². The van der Waals surface area contributed by atoms with Gasteiger partial charge in [0.15, 0.2) is 6.10 Å². The summed E-state index contributed by atoms with van der Waals surface area (Å²) in [5.41, 5.74) is 0. The van der Waals surface area contributed by atoms with E-state index in [2.05, 4.69) is 142 Å². The molecule has 0 radical (unpaired) electrons. The monoisotopic (exact) mass is 997 g/mol. The van der Waals surface area contributed by atoms with Gasteiger partial charge in [0, 0.05) is 19.3 Å². The van der Waals surface area contributed by atoms with Crippen LogP contribution in [0.15, 0.2) is 122 Å². The van der Waals surface area contributed by atoms with Gasteiger partial charge in [-0.05, 0) is 116 Å². The molecule has 0 heterocycles. The van der Waals surface area contributed by atoms with Crippen molar-refractivity contribution in [3.05, 3.63) is 122 Å². The molecule has 0 saturated carbocycles. The van der Waals surface area contributed by atoms with Gasteiger partial charge in [0.1, 0.15) is 13.2 Å². The van der Waals surface area contributed by atoms with E-state index >= 15 is 0 Å². The van der Waals surface area contributed by atoms with Crippen LogP contribution in [-0.2, 0) is 28.6 Å². The smallest absolute Gasteiger partial charge is 0.306 e. The summed E-state index contributed by atoms with van der Waals surface area (Å²) in [4.78, 5) is 38.2. The van der Waals surface area contributed by atoms with E-state index in [1.54, 1.807) is 0 Å². The molecule has 0 saturated heterocycles. The predicted molar refractivity (Wildman–Crippen MR) is 311 cm³/mol. The first kappa shape index (κ1) is 67.8. The summed E-state index contributed by atoms with van der Waals surface area (Å²) in [5.74, 6) is -0.988. The van der Waals surface area contributed by atoms with Crippen molar-refractivity contribution in [1.29, 1.82) is 0 Å². The molecule has 0 N–H and O–H groups in total. The summed E-state index contributed by atoms with van der Waals surface area (Å²) in [7, 11) is 0. The van der Waals surface area contributed by atoms with Crippen LogP contribution < -0.4 is 0 Å². The number of hydrogen-bond donors (Lipinski definition) is 0. The summed E-state index contributed by atoms with van der Waals surface area (Å²) in [5, 5.41) is 0. The zero-order valence-corrected chi connectivity index (χ0v) is 46.7. The number of ether oxygens (including phenoxy) is 3. The highest BCUT2D eigenvalue weighted by atomic mass is 16.6. The average Bonchev–Trinajstić information content (AvgIpc) is 3.38. The standard InChI is InChI=1S/C66H108O6/c1-4-7-10-13-16-19-22-25-28-31-33-36-38-41-44-47-50-53-56-59-65(68)71-62-63(61-70-64(67)58-55-52-49-46-43-40-37-34-30-27-24-21-18-15-12-9-6-3)72-66(69)60-57-54-51-48-45-42-39-35-32-29-26-23-20-17-14-11-8-5-2/h7,9-10,12,16,18-19,21,25,27-30,32,35,37,39-40,46,49,63H,4-6,8,11,13-15,17,20,22-24,26,31,33-34,36,38,41-45,47-48,50-62H2,1-3H3/b10-7-,12-9-,19-16-,21-18-,28-25-,30-27-,32-29-,39-35-,40-37-,49-46-. The van der Waals surface area contributed by atoms with Gasteiger partial charge in [0.05, 0.1) is 0 Å². The van der Waals surface area contributed by atoms with Crippen molar-refractivity contribution in [2.45, 2.75) is 264 Å². The van der Waals surface area contributed by atoms with Crippen molar-refractivity contribution in [1.82, 2.24) is 0 Å². The predicted octanol–water partition coefficient (Wildman–Crippen LogP) is 20.0. The molecule has 72 heavy (non-hydrogen) atoms. The van der Waals surface area contributed by atoms with Gasteiger partial charge in [-0.1, -0.05) is 245 Å². The lowest BCUT2D eigenvalue weighted by molar-refractivity contribution is -0.167. The van der Waals surface area contributed by atoms with Crippen LogP contribution in [0.5, 0.6) is 0 Å². The van der Waals surface area contributed by atoms with E-state index in [1.807, 2.05) is 0 Å². The van der Waals surface area contributed by atoms with Crippen molar-refractivity contribution in [3.63, 3.8) is 0 Å². The number of esters is 3. The third-order valence-corrected chi connectivity index (χ3v) is 12.2. The van der Waals surface area contributed by atoms with E-state index in [0.717, 1.165) is 122 Å². The molecule has 0 aromatic rings. The number of unbranched alkanes of at least 4 members (excludes halogenated alkanes) is 22. The third kappa shape index (κ3) is 56.7. The van der Waals surface area contributed by atoms with Crippen molar-refractivity contribution in [2.75, 3.05) is 13.2 Å². The molecule has 1 unspecified atom stereocenters. The van der Waals surface area contributed by atoms with Crippen LogP contribution in [0.2, 0.25) is 0 Å². The quantitative estimate of drug-likeness (QED) is 0.0199. The van der Waals surface area contributed by atoms with E-state index in [1.165, 1.54) is 89.9 Å². The normalized spacial score (nSPS) is 13.0. The number of hydrogen-bond acceptors (Lipinski definition) is 6. The summed E-state index contributed by atoms with van der Waals surface area (Å²) < 4.78 is 16.8. The molecular weight excluding hydrogens is 889 g/mol. The molecule has 6 heteroatoms. The number of carbonyl (C=O) groups excluding carboxylic acids is 3. The van der Waals surface area contributed by atoms with Crippen molar-refractivity contribution < 1.29 is 28.6 Å². The highest BCUT2D eigenvalue weighted by Gasteiger charge is 2.19. The van der Waals surface area contributed by atoms with Crippen LogP contribution in [0.25, 0.3) is 0 Å². The minimum atomic E-state index is -0.816. The molecule has 1 atom stereocenters. The molecule has 0 amide bonds. The van der Waals surface area contributed by atoms with Gasteiger partial charge in [-0.25, -0.2) is 0 Å². The first-order chi connectivity index (χ1) is 35.5. The maximum atomic E-state index is 12.9. The molecule has 0 rings (SSSR count). The second-order valence-corrected chi connectivity index (χ2v) is 19.2. The van der Waals surface area contributed by atoms with Crippen LogP contribution in [0, 0.1) is 0 Å². The Bertz CT molecular complexity index is 1520. The first-order valence-electron chi connectivity index (χ1n) is 29.6. The maximum Gasteiger partial charge on any atom is 0.306 e. The van der Waals surface area contributed by atoms with Crippen LogP contribution in [-0.4, -0.2) is 37.2 Å². The lowest BCUT2D eigenvalue weighted by Gasteiger charge is -2.18. The van der Waals surface area contributed by atoms with E-state index in [-0.39, 0.29) is 37.5 Å². The topological polar surface area (TPSA) is 78.9 Å². The molecule has 6 nitrogen and oxygen atoms in total. The van der Waals surface area contributed by atoms with E-state index < -0.39 is 6.10 Å². The summed E-state index contributed by atoms with van der Waals surface area (Å²) in [6.07, 6.45) is 81.9. The van der Waals surface area contributed by atoms with Gasteiger partial charge in [-0.3, -0.25) is 14.4 Å². The fourth-order valence-corrected chi connectivity index (χ4v) is 7.84. The molecule has 0 aromatic carbocycles. The Kier molecular flexibility index (Phi) is 55.9. The molecular formula is C66H108O6. The average molecular weight is 998 g/mol. The minimum Gasteiger partial charge on any atom is -0.462 e. The largest absolute Gasteiger partial charge is 0.462 e. The fraction of sp³-hybridized carbons (Fsp3) is 0.652. The summed E-state index contributed by atoms with van der Waals surface area (Å²) in [6.45, 7) is 6.35. The van der Waals surface area contributed by atoms with E-state index in [4.69, 9.17) is 14.2 Å². The fourth-order valence-electron chi connectivity index (χ4n) is 7.84. The summed E-state index contributed by atoms with van der Waals surface area (Å²) in [6, 6.07) is 0. The van der Waals surface area contributed by atoms with Gasteiger partial charge >= 0.3 is 17.9 Å². The van der Waals surface area contributed by atoms with Crippen molar-refractivity contribution >= 4 is 17.9 Å². The Morgan fingerprint density at radius 1 is 0.306 bits per heavy atom. The second kappa shape index (κ2) is 59.4. The van der Waals surface area contributed by atoms with Gasteiger partial charge in [-0.15, -0.1) is 0 Å². The minimum absolute atomic E-state index is 0.108. The summed E-state index contributed by atoms with van der Waals surface area (Å²) >= 11 is 0. The lowest BCUT2D eigenvalue weighted by Crippen LogP contribution is -2.30. The zero-order chi connectivity index (χ0) is 52.2. The van der Waals surface area contributed by atoms with Crippen LogP contribution in [0.4, 0.5) is 0 Å². The number of rotatable bonds is 52. The Morgan fingerprint density at radius 2 is 0.597 bits per heavy atom. The Hall–Kier alpha value is -4.19. The van der Waals surface area contributed by atoms with Crippen molar-refractivity contribution in [3.8, 4) is 0 Å². The highest BCUT2D eigenvalue weighted by Crippen LogP contribution is 2.14.